The van der Waals surface area contributed by atoms with Crippen molar-refractivity contribution in [3.8, 4) is 0 Å². The summed E-state index contributed by atoms with van der Waals surface area (Å²) < 4.78 is 0. The van der Waals surface area contributed by atoms with Crippen LogP contribution in [0.4, 0.5) is 4.79 Å². The second-order valence-corrected chi connectivity index (χ2v) is 4.03. The highest BCUT2D eigenvalue weighted by Crippen LogP contribution is 1.89. The number of rotatable bonds is 7. The lowest BCUT2D eigenvalue weighted by Crippen LogP contribution is -2.47. The number of imide groups is 1. The Labute approximate surface area is 106 Å². The van der Waals surface area contributed by atoms with E-state index >= 15 is 0 Å². The van der Waals surface area contributed by atoms with Gasteiger partial charge in [-0.2, -0.15) is 0 Å². The number of carbonyl (C=O) groups is 3. The fourth-order valence-corrected chi connectivity index (χ4v) is 1.23. The minimum atomic E-state index is -1.05. The van der Waals surface area contributed by atoms with Crippen LogP contribution in [0.15, 0.2) is 12.7 Å². The molecular weight excluding hydrogens is 238 g/mol. The molecular formula is C11H19N3O4. The van der Waals surface area contributed by atoms with Crippen molar-refractivity contribution in [2.45, 2.75) is 19.9 Å². The van der Waals surface area contributed by atoms with Crippen LogP contribution in [0.1, 0.15) is 13.8 Å². The summed E-state index contributed by atoms with van der Waals surface area (Å²) in [6.07, 6.45) is 1.49. The van der Waals surface area contributed by atoms with E-state index in [0.717, 1.165) is 0 Å². The molecule has 3 N–H and O–H groups in total. The molecule has 3 amide bonds. The van der Waals surface area contributed by atoms with E-state index in [-0.39, 0.29) is 25.7 Å². The summed E-state index contributed by atoms with van der Waals surface area (Å²) in [7, 11) is 0. The van der Waals surface area contributed by atoms with Crippen LogP contribution in [-0.4, -0.2) is 53.6 Å². The average molecular weight is 257 g/mol. The summed E-state index contributed by atoms with van der Waals surface area (Å²) in [4.78, 5) is 34.6. The van der Waals surface area contributed by atoms with E-state index in [0.29, 0.717) is 0 Å². The summed E-state index contributed by atoms with van der Waals surface area (Å²) in [5, 5.41) is 13.2. The highest BCUT2D eigenvalue weighted by atomic mass is 16.4. The van der Waals surface area contributed by atoms with Gasteiger partial charge in [-0.1, -0.05) is 6.08 Å². The van der Waals surface area contributed by atoms with Crippen molar-refractivity contribution in [2.24, 2.45) is 0 Å². The number of hydrogen-bond acceptors (Lipinski definition) is 4. The number of carbonyl (C=O) groups excluding carboxylic acids is 2. The predicted octanol–water partition coefficient (Wildman–Crippen LogP) is -0.207. The molecule has 0 spiro atoms. The Hall–Kier alpha value is -1.89. The Morgan fingerprint density at radius 1 is 1.33 bits per heavy atom. The van der Waals surface area contributed by atoms with Crippen LogP contribution >= 0.6 is 0 Å². The Balaban J connectivity index is 4.20. The van der Waals surface area contributed by atoms with Crippen LogP contribution in [0.2, 0.25) is 0 Å². The van der Waals surface area contributed by atoms with Gasteiger partial charge in [-0.05, 0) is 13.8 Å². The van der Waals surface area contributed by atoms with E-state index in [1.165, 1.54) is 11.0 Å². The first kappa shape index (κ1) is 16.1. The van der Waals surface area contributed by atoms with Gasteiger partial charge in [0.05, 0.1) is 13.1 Å². The molecule has 0 fully saturated rings. The highest BCUT2D eigenvalue weighted by molar-refractivity contribution is 5.95. The molecule has 0 rings (SSSR count). The Morgan fingerprint density at radius 2 is 1.94 bits per heavy atom. The van der Waals surface area contributed by atoms with Crippen LogP contribution in [0, 0.1) is 0 Å². The molecule has 0 aromatic carbocycles. The van der Waals surface area contributed by atoms with E-state index in [9.17, 15) is 14.4 Å². The molecule has 0 aromatic rings. The number of nitrogens with zero attached hydrogens (tertiary/aromatic N) is 1. The molecule has 0 saturated heterocycles. The van der Waals surface area contributed by atoms with Crippen molar-refractivity contribution in [1.82, 2.24) is 15.5 Å². The van der Waals surface area contributed by atoms with Gasteiger partial charge < -0.3 is 10.4 Å². The van der Waals surface area contributed by atoms with Crippen molar-refractivity contribution in [3.05, 3.63) is 12.7 Å². The minimum Gasteiger partial charge on any atom is -0.480 e. The first-order valence-electron chi connectivity index (χ1n) is 5.50. The Morgan fingerprint density at radius 3 is 2.39 bits per heavy atom. The van der Waals surface area contributed by atoms with Crippen LogP contribution in [0.25, 0.3) is 0 Å². The maximum absolute atomic E-state index is 11.5. The van der Waals surface area contributed by atoms with Crippen molar-refractivity contribution >= 4 is 17.9 Å². The average Bonchev–Trinajstić information content (AvgIpc) is 2.14. The summed E-state index contributed by atoms with van der Waals surface area (Å²) in [6.45, 7) is 6.79. The van der Waals surface area contributed by atoms with E-state index in [4.69, 9.17) is 5.11 Å². The highest BCUT2D eigenvalue weighted by Gasteiger charge is 2.14. The van der Waals surface area contributed by atoms with Crippen LogP contribution in [0.5, 0.6) is 0 Å². The number of carboxylic acids is 1. The van der Waals surface area contributed by atoms with E-state index < -0.39 is 17.9 Å². The van der Waals surface area contributed by atoms with Crippen LogP contribution in [0.3, 0.4) is 0 Å². The van der Waals surface area contributed by atoms with E-state index in [1.807, 2.05) is 0 Å². The third kappa shape index (κ3) is 8.28. The quantitative estimate of drug-likeness (QED) is 0.548. The standard InChI is InChI=1S/C11H19N3O4/c1-4-5-14(7-10(16)17)6-9(15)13-11(18)12-8(2)3/h4,8H,1,5-7H2,2-3H3,(H,16,17)(H2,12,13,15,18). The van der Waals surface area contributed by atoms with Crippen molar-refractivity contribution in [3.63, 3.8) is 0 Å². The Kier molecular flexibility index (Phi) is 7.37. The predicted molar refractivity (Wildman–Crippen MR) is 66.1 cm³/mol. The van der Waals surface area contributed by atoms with Gasteiger partial charge in [-0.15, -0.1) is 6.58 Å². The van der Waals surface area contributed by atoms with E-state index in [1.54, 1.807) is 13.8 Å². The zero-order valence-corrected chi connectivity index (χ0v) is 10.6. The number of hydrogen-bond donors (Lipinski definition) is 3. The van der Waals surface area contributed by atoms with Gasteiger partial charge in [0.25, 0.3) is 0 Å². The van der Waals surface area contributed by atoms with Gasteiger partial charge >= 0.3 is 12.0 Å². The van der Waals surface area contributed by atoms with Gasteiger partial charge in [0, 0.05) is 12.6 Å². The Bertz CT molecular complexity index is 328. The first-order chi connectivity index (χ1) is 8.35. The van der Waals surface area contributed by atoms with Gasteiger partial charge in [0.1, 0.15) is 0 Å². The maximum atomic E-state index is 11.5. The lowest BCUT2D eigenvalue weighted by molar-refractivity contribution is -0.138. The normalized spacial score (nSPS) is 10.2. The number of urea groups is 1. The monoisotopic (exact) mass is 257 g/mol. The molecule has 18 heavy (non-hydrogen) atoms. The third-order valence-electron chi connectivity index (χ3n) is 1.79. The van der Waals surface area contributed by atoms with Gasteiger partial charge in [-0.3, -0.25) is 19.8 Å². The topological polar surface area (TPSA) is 98.7 Å². The fraction of sp³-hybridized carbons (Fsp3) is 0.545. The molecule has 0 saturated carbocycles. The second-order valence-electron chi connectivity index (χ2n) is 4.03. The summed E-state index contributed by atoms with van der Waals surface area (Å²) in [5.41, 5.74) is 0. The molecule has 0 heterocycles. The largest absolute Gasteiger partial charge is 0.480 e. The van der Waals surface area contributed by atoms with E-state index in [2.05, 4.69) is 17.2 Å². The molecule has 102 valence electrons. The molecule has 0 atom stereocenters. The molecule has 7 heteroatoms. The summed E-state index contributed by atoms with van der Waals surface area (Å²) in [5.74, 6) is -1.60. The minimum absolute atomic E-state index is 0.0823. The lowest BCUT2D eigenvalue weighted by Gasteiger charge is -2.17. The number of aliphatic carboxylic acids is 1. The fourth-order valence-electron chi connectivity index (χ4n) is 1.23. The molecule has 0 aliphatic carbocycles. The van der Waals surface area contributed by atoms with Gasteiger partial charge in [-0.25, -0.2) is 4.79 Å². The molecule has 0 aliphatic heterocycles. The zero-order valence-electron chi connectivity index (χ0n) is 10.6. The summed E-state index contributed by atoms with van der Waals surface area (Å²) >= 11 is 0. The maximum Gasteiger partial charge on any atom is 0.321 e. The van der Waals surface area contributed by atoms with Crippen molar-refractivity contribution < 1.29 is 19.5 Å². The SMILES string of the molecule is C=CCN(CC(=O)O)CC(=O)NC(=O)NC(C)C. The van der Waals surface area contributed by atoms with Crippen LogP contribution in [-0.2, 0) is 9.59 Å². The number of nitrogens with one attached hydrogen (secondary N) is 2. The number of carboxylic acid groups (broad SMARTS) is 1. The van der Waals surface area contributed by atoms with Crippen molar-refractivity contribution in [1.29, 1.82) is 0 Å². The smallest absolute Gasteiger partial charge is 0.321 e. The molecule has 0 bridgehead atoms. The summed E-state index contributed by atoms with van der Waals surface area (Å²) in [6, 6.07) is -0.676. The first-order valence-corrected chi connectivity index (χ1v) is 5.50. The molecule has 0 unspecified atom stereocenters. The zero-order chi connectivity index (χ0) is 14.1. The molecule has 0 aliphatic rings. The van der Waals surface area contributed by atoms with Crippen molar-refractivity contribution in [2.75, 3.05) is 19.6 Å². The molecule has 0 aromatic heterocycles. The number of amides is 3. The molecule has 0 radical (unpaired) electrons. The van der Waals surface area contributed by atoms with Gasteiger partial charge in [0.2, 0.25) is 5.91 Å². The second kappa shape index (κ2) is 8.24. The molecule has 7 nitrogen and oxygen atoms in total. The van der Waals surface area contributed by atoms with Crippen LogP contribution < -0.4 is 10.6 Å². The van der Waals surface area contributed by atoms with Gasteiger partial charge in [0.15, 0.2) is 0 Å². The lowest BCUT2D eigenvalue weighted by atomic mass is 10.4. The third-order valence-corrected chi connectivity index (χ3v) is 1.79.